The molecular formula is C21H19N5O4S2. The van der Waals surface area contributed by atoms with Gasteiger partial charge in [-0.2, -0.15) is 0 Å². The summed E-state index contributed by atoms with van der Waals surface area (Å²) in [5, 5.41) is 10.3. The van der Waals surface area contributed by atoms with Crippen molar-refractivity contribution in [3.8, 4) is 10.6 Å². The predicted molar refractivity (Wildman–Crippen MR) is 121 cm³/mol. The molecule has 1 fully saturated rings. The van der Waals surface area contributed by atoms with E-state index in [1.165, 1.54) is 29.6 Å². The van der Waals surface area contributed by atoms with E-state index in [4.69, 9.17) is 0 Å². The average molecular weight is 470 g/mol. The second-order valence-corrected chi connectivity index (χ2v) is 8.99. The highest BCUT2D eigenvalue weighted by Crippen LogP contribution is 2.31. The predicted octanol–water partition coefficient (Wildman–Crippen LogP) is 2.81. The number of aromatic nitrogens is 1. The molecule has 0 atom stereocenters. The molecule has 2 aromatic heterocycles. The van der Waals surface area contributed by atoms with Crippen molar-refractivity contribution in [2.24, 2.45) is 0 Å². The van der Waals surface area contributed by atoms with Gasteiger partial charge in [0.15, 0.2) is 5.13 Å². The Bertz CT molecular complexity index is 1190. The van der Waals surface area contributed by atoms with Crippen LogP contribution in [0.25, 0.3) is 10.6 Å². The molecule has 1 saturated heterocycles. The molecule has 1 aromatic carbocycles. The number of rotatable bonds is 7. The molecule has 11 heteroatoms. The standard InChI is InChI=1S/C21H19N5O4S2/c1-12(27)22-8-14-6-7-17(32-14)16-11-31-20(24-16)25-19(29)15-5-3-2-4-13(15)10-26-18(28)9-23-21(26)30/h2-7,11H,8-10H2,1H3,(H,22,27)(H,23,30)(H,24,25,29). The summed E-state index contributed by atoms with van der Waals surface area (Å²) >= 11 is 2.82. The number of amides is 5. The quantitative estimate of drug-likeness (QED) is 0.460. The Hall–Kier alpha value is -3.57. The van der Waals surface area contributed by atoms with E-state index in [2.05, 4.69) is 20.9 Å². The monoisotopic (exact) mass is 469 g/mol. The number of hydrogen-bond donors (Lipinski definition) is 3. The van der Waals surface area contributed by atoms with Crippen molar-refractivity contribution in [3.05, 3.63) is 57.8 Å². The van der Waals surface area contributed by atoms with Gasteiger partial charge in [-0.25, -0.2) is 9.78 Å². The molecule has 4 rings (SSSR count). The molecule has 1 aliphatic rings. The van der Waals surface area contributed by atoms with Gasteiger partial charge < -0.3 is 10.6 Å². The van der Waals surface area contributed by atoms with Crippen molar-refractivity contribution < 1.29 is 19.2 Å². The number of anilines is 1. The van der Waals surface area contributed by atoms with Gasteiger partial charge in [-0.05, 0) is 23.8 Å². The molecule has 0 aliphatic carbocycles. The van der Waals surface area contributed by atoms with E-state index in [9.17, 15) is 19.2 Å². The summed E-state index contributed by atoms with van der Waals surface area (Å²) < 4.78 is 0. The normalized spacial score (nSPS) is 13.2. The Labute approximate surface area is 191 Å². The van der Waals surface area contributed by atoms with E-state index < -0.39 is 6.03 Å². The third kappa shape index (κ3) is 4.84. The number of hydrogen-bond acceptors (Lipinski definition) is 7. The van der Waals surface area contributed by atoms with Crippen LogP contribution in [0, 0.1) is 0 Å². The highest BCUT2D eigenvalue weighted by molar-refractivity contribution is 7.17. The van der Waals surface area contributed by atoms with Gasteiger partial charge >= 0.3 is 6.03 Å². The van der Waals surface area contributed by atoms with E-state index in [1.54, 1.807) is 24.3 Å². The molecule has 1 aliphatic heterocycles. The maximum absolute atomic E-state index is 12.9. The molecule has 3 N–H and O–H groups in total. The van der Waals surface area contributed by atoms with E-state index in [0.29, 0.717) is 22.8 Å². The maximum atomic E-state index is 12.9. The van der Waals surface area contributed by atoms with Crippen molar-refractivity contribution in [3.63, 3.8) is 0 Å². The first kappa shape index (κ1) is 21.7. The lowest BCUT2D eigenvalue weighted by molar-refractivity contribution is -0.125. The molecule has 164 valence electrons. The van der Waals surface area contributed by atoms with Crippen molar-refractivity contribution >= 4 is 51.6 Å². The summed E-state index contributed by atoms with van der Waals surface area (Å²) in [7, 11) is 0. The van der Waals surface area contributed by atoms with Crippen LogP contribution in [0.4, 0.5) is 9.93 Å². The number of carbonyl (C=O) groups is 4. The number of carbonyl (C=O) groups excluding carboxylic acids is 4. The van der Waals surface area contributed by atoms with Crippen LogP contribution in [0.1, 0.15) is 27.7 Å². The fraction of sp³-hybridized carbons (Fsp3) is 0.190. The Kier molecular flexibility index (Phi) is 6.28. The lowest BCUT2D eigenvalue weighted by atomic mass is 10.1. The highest BCUT2D eigenvalue weighted by atomic mass is 32.1. The summed E-state index contributed by atoms with van der Waals surface area (Å²) in [6.07, 6.45) is 0. The molecule has 3 heterocycles. The lowest BCUT2D eigenvalue weighted by Crippen LogP contribution is -2.31. The van der Waals surface area contributed by atoms with Gasteiger partial charge in [-0.3, -0.25) is 24.6 Å². The van der Waals surface area contributed by atoms with Crippen molar-refractivity contribution in [2.75, 3.05) is 11.9 Å². The third-order valence-corrected chi connectivity index (χ3v) is 6.54. The van der Waals surface area contributed by atoms with Gasteiger partial charge in [-0.15, -0.1) is 22.7 Å². The van der Waals surface area contributed by atoms with Crippen LogP contribution < -0.4 is 16.0 Å². The number of imide groups is 1. The number of benzene rings is 1. The van der Waals surface area contributed by atoms with E-state index in [0.717, 1.165) is 20.3 Å². The number of urea groups is 1. The molecule has 0 bridgehead atoms. The Morgan fingerprint density at radius 3 is 2.75 bits per heavy atom. The summed E-state index contributed by atoms with van der Waals surface area (Å²) in [6, 6.07) is 10.2. The van der Waals surface area contributed by atoms with Gasteiger partial charge in [0.2, 0.25) is 11.8 Å². The Balaban J connectivity index is 1.45. The molecule has 9 nitrogen and oxygen atoms in total. The topological polar surface area (TPSA) is 121 Å². The van der Waals surface area contributed by atoms with Crippen LogP contribution in [-0.4, -0.2) is 40.2 Å². The number of thiophene rings is 1. The van der Waals surface area contributed by atoms with Gasteiger partial charge in [0.05, 0.1) is 30.2 Å². The second-order valence-electron chi connectivity index (χ2n) is 6.96. The van der Waals surface area contributed by atoms with Crippen molar-refractivity contribution in [2.45, 2.75) is 20.0 Å². The summed E-state index contributed by atoms with van der Waals surface area (Å²) in [6.45, 7) is 1.91. The SMILES string of the molecule is CC(=O)NCc1ccc(-c2csc(NC(=O)c3ccccc3CN3C(=O)CNC3=O)n2)s1. The fourth-order valence-corrected chi connectivity index (χ4v) is 4.78. The van der Waals surface area contributed by atoms with E-state index >= 15 is 0 Å². The molecule has 0 spiro atoms. The largest absolute Gasteiger partial charge is 0.351 e. The summed E-state index contributed by atoms with van der Waals surface area (Å²) in [5.41, 5.74) is 1.66. The second kappa shape index (κ2) is 9.28. The smallest absolute Gasteiger partial charge is 0.324 e. The van der Waals surface area contributed by atoms with Crippen LogP contribution in [0.3, 0.4) is 0 Å². The van der Waals surface area contributed by atoms with Crippen LogP contribution in [-0.2, 0) is 22.7 Å². The maximum Gasteiger partial charge on any atom is 0.324 e. The average Bonchev–Trinajstić information content (AvgIpc) is 3.50. The minimum atomic E-state index is -0.469. The molecule has 3 aromatic rings. The number of nitrogens with zero attached hydrogens (tertiary/aromatic N) is 2. The van der Waals surface area contributed by atoms with Gasteiger partial charge in [0.25, 0.3) is 5.91 Å². The number of nitrogens with one attached hydrogen (secondary N) is 3. The minimum absolute atomic E-state index is 0.0175. The minimum Gasteiger partial charge on any atom is -0.351 e. The van der Waals surface area contributed by atoms with Crippen LogP contribution in [0.15, 0.2) is 41.8 Å². The summed E-state index contributed by atoms with van der Waals surface area (Å²) in [5.74, 6) is -0.789. The number of thiazole rings is 1. The van der Waals surface area contributed by atoms with Crippen LogP contribution >= 0.6 is 22.7 Å². The third-order valence-electron chi connectivity index (χ3n) is 4.68. The zero-order chi connectivity index (χ0) is 22.7. The Morgan fingerprint density at radius 2 is 2.00 bits per heavy atom. The fourth-order valence-electron chi connectivity index (χ4n) is 3.10. The molecule has 32 heavy (non-hydrogen) atoms. The molecule has 0 saturated carbocycles. The van der Waals surface area contributed by atoms with E-state index in [-0.39, 0.29) is 30.8 Å². The van der Waals surface area contributed by atoms with Crippen molar-refractivity contribution in [1.29, 1.82) is 0 Å². The van der Waals surface area contributed by atoms with Crippen LogP contribution in [0.2, 0.25) is 0 Å². The van der Waals surface area contributed by atoms with E-state index in [1.807, 2.05) is 17.5 Å². The highest BCUT2D eigenvalue weighted by Gasteiger charge is 2.29. The summed E-state index contributed by atoms with van der Waals surface area (Å²) in [4.78, 5) is 55.2. The molecule has 0 unspecified atom stereocenters. The molecule has 5 amide bonds. The lowest BCUT2D eigenvalue weighted by Gasteiger charge is -2.15. The Morgan fingerprint density at radius 1 is 1.19 bits per heavy atom. The molecule has 0 radical (unpaired) electrons. The van der Waals surface area contributed by atoms with Gasteiger partial charge in [0, 0.05) is 22.7 Å². The zero-order valence-electron chi connectivity index (χ0n) is 17.0. The first-order valence-electron chi connectivity index (χ1n) is 9.67. The van der Waals surface area contributed by atoms with Crippen molar-refractivity contribution in [1.82, 2.24) is 20.5 Å². The molecular weight excluding hydrogens is 450 g/mol. The van der Waals surface area contributed by atoms with Crippen LogP contribution in [0.5, 0.6) is 0 Å². The zero-order valence-corrected chi connectivity index (χ0v) is 18.6. The van der Waals surface area contributed by atoms with Gasteiger partial charge in [0.1, 0.15) is 0 Å². The first-order valence-corrected chi connectivity index (χ1v) is 11.4. The first-order chi connectivity index (χ1) is 15.4. The van der Waals surface area contributed by atoms with Gasteiger partial charge in [-0.1, -0.05) is 18.2 Å².